The lowest BCUT2D eigenvalue weighted by Crippen LogP contribution is -2.04. The third-order valence-electron chi connectivity index (χ3n) is 3.32. The fourth-order valence-corrected chi connectivity index (χ4v) is 2.35. The fourth-order valence-electron chi connectivity index (χ4n) is 2.35. The van der Waals surface area contributed by atoms with Gasteiger partial charge >= 0.3 is 0 Å². The van der Waals surface area contributed by atoms with Gasteiger partial charge in [-0.1, -0.05) is 24.3 Å². The molecule has 5 heteroatoms. The molecule has 5 nitrogen and oxygen atoms in total. The molecule has 2 aromatic heterocycles. The second-order valence-electron chi connectivity index (χ2n) is 5.14. The van der Waals surface area contributed by atoms with E-state index < -0.39 is 0 Å². The zero-order valence-corrected chi connectivity index (χ0v) is 12.3. The third-order valence-corrected chi connectivity index (χ3v) is 3.32. The van der Waals surface area contributed by atoms with Crippen LogP contribution in [0.1, 0.15) is 17.0 Å². The maximum atomic E-state index is 6.12. The molecule has 2 N–H and O–H groups in total. The summed E-state index contributed by atoms with van der Waals surface area (Å²) in [6.07, 6.45) is 1.76. The van der Waals surface area contributed by atoms with E-state index >= 15 is 0 Å². The van der Waals surface area contributed by atoms with Crippen molar-refractivity contribution in [2.75, 3.05) is 5.73 Å². The van der Waals surface area contributed by atoms with Gasteiger partial charge in [-0.25, -0.2) is 14.6 Å². The van der Waals surface area contributed by atoms with E-state index in [1.54, 1.807) is 10.9 Å². The number of aryl methyl sites for hydroxylation is 3. The van der Waals surface area contributed by atoms with Gasteiger partial charge in [0.15, 0.2) is 0 Å². The van der Waals surface area contributed by atoms with Crippen LogP contribution in [0.2, 0.25) is 0 Å². The molecule has 0 fully saturated rings. The van der Waals surface area contributed by atoms with Gasteiger partial charge in [0, 0.05) is 17.0 Å². The van der Waals surface area contributed by atoms with Gasteiger partial charge in [0.1, 0.15) is 5.69 Å². The minimum absolute atomic E-state index is 0.541. The van der Waals surface area contributed by atoms with E-state index in [2.05, 4.69) is 15.1 Å². The number of hydrogen-bond donors (Lipinski definition) is 1. The zero-order chi connectivity index (χ0) is 15.0. The van der Waals surface area contributed by atoms with E-state index in [9.17, 15) is 0 Å². The van der Waals surface area contributed by atoms with E-state index in [1.165, 1.54) is 0 Å². The molecule has 106 valence electrons. The second kappa shape index (κ2) is 5.01. The van der Waals surface area contributed by atoms with Crippen molar-refractivity contribution in [3.63, 3.8) is 0 Å². The lowest BCUT2D eigenvalue weighted by atomic mass is 10.1. The molecule has 0 aliphatic heterocycles. The smallest absolute Gasteiger partial charge is 0.251 e. The molecule has 1 aromatic carbocycles. The average Bonchev–Trinajstić information content (AvgIpc) is 2.80. The second-order valence-corrected chi connectivity index (χ2v) is 5.14. The van der Waals surface area contributed by atoms with Crippen LogP contribution in [-0.2, 0) is 0 Å². The highest BCUT2D eigenvalue weighted by Crippen LogP contribution is 2.27. The number of hydrogen-bond acceptors (Lipinski definition) is 4. The van der Waals surface area contributed by atoms with Crippen LogP contribution < -0.4 is 5.73 Å². The molecule has 0 radical (unpaired) electrons. The van der Waals surface area contributed by atoms with E-state index in [-0.39, 0.29) is 0 Å². The van der Waals surface area contributed by atoms with E-state index in [1.807, 2.05) is 51.1 Å². The summed E-state index contributed by atoms with van der Waals surface area (Å²) in [4.78, 5) is 8.82. The fraction of sp³-hybridized carbons (Fsp3) is 0.188. The van der Waals surface area contributed by atoms with Gasteiger partial charge in [0.2, 0.25) is 0 Å². The first kappa shape index (κ1) is 13.3. The van der Waals surface area contributed by atoms with Crippen molar-refractivity contribution >= 4 is 5.69 Å². The van der Waals surface area contributed by atoms with Gasteiger partial charge < -0.3 is 5.73 Å². The Kier molecular flexibility index (Phi) is 3.17. The van der Waals surface area contributed by atoms with Crippen molar-refractivity contribution in [2.24, 2.45) is 0 Å². The van der Waals surface area contributed by atoms with E-state index in [0.717, 1.165) is 28.2 Å². The first-order chi connectivity index (χ1) is 10.0. The van der Waals surface area contributed by atoms with Gasteiger partial charge in [-0.15, -0.1) is 0 Å². The number of nitrogens with two attached hydrogens (primary N) is 1. The SMILES string of the molecule is Cc1cc(C)nc(-n2cc(N)c(-c3ccccc3C)n2)n1. The van der Waals surface area contributed by atoms with Crippen LogP contribution in [0.4, 0.5) is 5.69 Å². The molecule has 0 amide bonds. The normalized spacial score (nSPS) is 10.8. The maximum Gasteiger partial charge on any atom is 0.251 e. The summed E-state index contributed by atoms with van der Waals surface area (Å²) in [5.74, 6) is 0.541. The standard InChI is InChI=1S/C16H17N5/c1-10-6-4-5-7-13(10)15-14(17)9-21(20-15)16-18-11(2)8-12(3)19-16/h4-9H,17H2,1-3H3. The molecule has 0 saturated carbocycles. The van der Waals surface area contributed by atoms with Crippen LogP contribution in [0.3, 0.4) is 0 Å². The van der Waals surface area contributed by atoms with Gasteiger partial charge in [-0.05, 0) is 32.4 Å². The van der Waals surface area contributed by atoms with E-state index in [0.29, 0.717) is 11.6 Å². The molecule has 0 atom stereocenters. The van der Waals surface area contributed by atoms with Crippen molar-refractivity contribution in [3.8, 4) is 17.2 Å². The van der Waals surface area contributed by atoms with Crippen LogP contribution in [0.5, 0.6) is 0 Å². The van der Waals surface area contributed by atoms with E-state index in [4.69, 9.17) is 5.73 Å². The Balaban J connectivity index is 2.12. The Morgan fingerprint density at radius 2 is 1.67 bits per heavy atom. The predicted octanol–water partition coefficient (Wildman–Crippen LogP) is 2.84. The minimum Gasteiger partial charge on any atom is -0.396 e. The molecule has 3 aromatic rings. The largest absolute Gasteiger partial charge is 0.396 e. The van der Waals surface area contributed by atoms with Gasteiger partial charge in [0.25, 0.3) is 5.95 Å². The van der Waals surface area contributed by atoms with Crippen molar-refractivity contribution in [2.45, 2.75) is 20.8 Å². The zero-order valence-electron chi connectivity index (χ0n) is 12.3. The quantitative estimate of drug-likeness (QED) is 0.783. The molecule has 0 saturated heterocycles. The highest BCUT2D eigenvalue weighted by Gasteiger charge is 2.13. The summed E-state index contributed by atoms with van der Waals surface area (Å²) in [5, 5.41) is 4.56. The molecular weight excluding hydrogens is 262 g/mol. The molecule has 0 aliphatic rings. The van der Waals surface area contributed by atoms with Crippen LogP contribution in [-0.4, -0.2) is 19.7 Å². The Morgan fingerprint density at radius 1 is 1.00 bits per heavy atom. The molecule has 0 unspecified atom stereocenters. The minimum atomic E-state index is 0.541. The van der Waals surface area contributed by atoms with Crippen LogP contribution in [0, 0.1) is 20.8 Å². The summed E-state index contributed by atoms with van der Waals surface area (Å²) < 4.78 is 1.64. The Labute approximate surface area is 123 Å². The topological polar surface area (TPSA) is 69.6 Å². The first-order valence-corrected chi connectivity index (χ1v) is 6.78. The Hall–Kier alpha value is -2.69. The van der Waals surface area contributed by atoms with Gasteiger partial charge in [0.05, 0.1) is 11.9 Å². The Bertz CT molecular complexity index is 784. The number of benzene rings is 1. The third kappa shape index (κ3) is 2.50. The van der Waals surface area contributed by atoms with Crippen molar-refractivity contribution in [1.82, 2.24) is 19.7 Å². The summed E-state index contributed by atoms with van der Waals surface area (Å²) >= 11 is 0. The lowest BCUT2D eigenvalue weighted by molar-refractivity contribution is 0.796. The molecule has 0 spiro atoms. The van der Waals surface area contributed by atoms with Crippen LogP contribution in [0.15, 0.2) is 36.5 Å². The lowest BCUT2D eigenvalue weighted by Gasteiger charge is -2.03. The van der Waals surface area contributed by atoms with Crippen LogP contribution in [0.25, 0.3) is 17.2 Å². The van der Waals surface area contributed by atoms with Crippen LogP contribution >= 0.6 is 0 Å². The first-order valence-electron chi connectivity index (χ1n) is 6.78. The van der Waals surface area contributed by atoms with Gasteiger partial charge in [-0.3, -0.25) is 0 Å². The van der Waals surface area contributed by atoms with Crippen molar-refractivity contribution < 1.29 is 0 Å². The number of aromatic nitrogens is 4. The molecule has 3 rings (SSSR count). The Morgan fingerprint density at radius 3 is 2.33 bits per heavy atom. The van der Waals surface area contributed by atoms with Gasteiger partial charge in [-0.2, -0.15) is 5.10 Å². The maximum absolute atomic E-state index is 6.12. The summed E-state index contributed by atoms with van der Waals surface area (Å²) in [7, 11) is 0. The van der Waals surface area contributed by atoms with Crippen molar-refractivity contribution in [1.29, 1.82) is 0 Å². The van der Waals surface area contributed by atoms with Crippen molar-refractivity contribution in [3.05, 3.63) is 53.5 Å². The summed E-state index contributed by atoms with van der Waals surface area (Å²) in [6.45, 7) is 5.92. The average molecular weight is 279 g/mol. The number of nitrogens with zero attached hydrogens (tertiary/aromatic N) is 4. The molecule has 0 aliphatic carbocycles. The molecule has 2 heterocycles. The number of anilines is 1. The molecule has 21 heavy (non-hydrogen) atoms. The highest BCUT2D eigenvalue weighted by molar-refractivity contribution is 5.74. The summed E-state index contributed by atoms with van der Waals surface area (Å²) in [6, 6.07) is 9.97. The predicted molar refractivity (Wildman–Crippen MR) is 83.2 cm³/mol. The summed E-state index contributed by atoms with van der Waals surface area (Å²) in [5.41, 5.74) is 11.5. The highest BCUT2D eigenvalue weighted by atomic mass is 15.3. The molecule has 0 bridgehead atoms. The molecular formula is C16H17N5. The number of nitrogen functional groups attached to an aromatic ring is 1. The monoisotopic (exact) mass is 279 g/mol. The number of rotatable bonds is 2.